The van der Waals surface area contributed by atoms with Crippen LogP contribution < -0.4 is 5.73 Å². The minimum atomic E-state index is -0.601. The van der Waals surface area contributed by atoms with E-state index in [0.29, 0.717) is 16.6 Å². The molecule has 1 aliphatic rings. The molecule has 1 saturated carbocycles. The number of halogens is 1. The Morgan fingerprint density at radius 3 is 2.42 bits per heavy atom. The molecule has 0 spiro atoms. The van der Waals surface area contributed by atoms with Gasteiger partial charge in [-0.1, -0.05) is 42.4 Å². The van der Waals surface area contributed by atoms with Crippen LogP contribution in [0.1, 0.15) is 24.8 Å². The van der Waals surface area contributed by atoms with Gasteiger partial charge >= 0.3 is 0 Å². The molecule has 1 aliphatic carbocycles. The van der Waals surface area contributed by atoms with Crippen molar-refractivity contribution in [3.63, 3.8) is 0 Å². The maximum Gasteiger partial charge on any atom is 0.235 e. The summed E-state index contributed by atoms with van der Waals surface area (Å²) in [7, 11) is 1.79. The molecule has 0 saturated heterocycles. The smallest absolute Gasteiger partial charge is 0.235 e. The Labute approximate surface area is 123 Å². The van der Waals surface area contributed by atoms with Crippen molar-refractivity contribution in [3.8, 4) is 0 Å². The number of carbonyl (C=O) groups excluding carboxylic acids is 1. The average molecular weight is 297 g/mol. The van der Waals surface area contributed by atoms with E-state index in [0.717, 1.165) is 24.8 Å². The highest BCUT2D eigenvalue weighted by Gasteiger charge is 2.48. The molecule has 1 amide bonds. The van der Waals surface area contributed by atoms with Gasteiger partial charge < -0.3 is 10.6 Å². The average Bonchev–Trinajstić information content (AvgIpc) is 2.30. The number of nitrogens with zero attached hydrogens (tertiary/aromatic N) is 1. The highest BCUT2D eigenvalue weighted by molar-refractivity contribution is 7.80. The molecule has 19 heavy (non-hydrogen) atoms. The van der Waals surface area contributed by atoms with Crippen molar-refractivity contribution in [2.24, 2.45) is 11.1 Å². The number of benzene rings is 1. The number of rotatable bonds is 4. The number of carbonyl (C=O) groups is 1. The Bertz CT molecular complexity index is 497. The Morgan fingerprint density at radius 2 is 2.00 bits per heavy atom. The van der Waals surface area contributed by atoms with Crippen LogP contribution >= 0.6 is 23.8 Å². The summed E-state index contributed by atoms with van der Waals surface area (Å²) in [5.74, 6) is 0.0289. The van der Waals surface area contributed by atoms with E-state index in [2.05, 4.69) is 0 Å². The molecule has 0 radical (unpaired) electrons. The van der Waals surface area contributed by atoms with E-state index in [1.807, 2.05) is 24.3 Å². The molecule has 1 aromatic carbocycles. The van der Waals surface area contributed by atoms with Gasteiger partial charge in [-0.25, -0.2) is 0 Å². The summed E-state index contributed by atoms with van der Waals surface area (Å²) in [4.78, 5) is 14.5. The first-order valence-electron chi connectivity index (χ1n) is 6.25. The Hall–Kier alpha value is -1.13. The lowest BCUT2D eigenvalue weighted by Crippen LogP contribution is -2.53. The monoisotopic (exact) mass is 296 g/mol. The van der Waals surface area contributed by atoms with Crippen LogP contribution in [-0.2, 0) is 11.3 Å². The predicted molar refractivity (Wildman–Crippen MR) is 81.0 cm³/mol. The molecule has 2 rings (SSSR count). The van der Waals surface area contributed by atoms with Crippen molar-refractivity contribution in [1.82, 2.24) is 4.90 Å². The number of thiocarbonyl (C=S) groups is 1. The fraction of sp³-hybridized carbons (Fsp3) is 0.429. The van der Waals surface area contributed by atoms with Gasteiger partial charge in [0.1, 0.15) is 0 Å². The SMILES string of the molecule is CN(Cc1ccc(Cl)cc1)C(=O)C1(C(N)=S)CCC1. The van der Waals surface area contributed by atoms with Gasteiger partial charge in [-0.2, -0.15) is 0 Å². The molecule has 0 bridgehead atoms. The number of hydrogen-bond donors (Lipinski definition) is 1. The van der Waals surface area contributed by atoms with Crippen LogP contribution in [0.3, 0.4) is 0 Å². The van der Waals surface area contributed by atoms with Gasteiger partial charge in [-0.15, -0.1) is 0 Å². The van der Waals surface area contributed by atoms with Crippen molar-refractivity contribution in [2.75, 3.05) is 7.05 Å². The van der Waals surface area contributed by atoms with Gasteiger partial charge in [0, 0.05) is 18.6 Å². The summed E-state index contributed by atoms with van der Waals surface area (Å²) in [6, 6.07) is 7.48. The molecule has 2 N–H and O–H groups in total. The molecule has 102 valence electrons. The summed E-state index contributed by atoms with van der Waals surface area (Å²) in [5, 5.41) is 0.691. The Balaban J connectivity index is 2.07. The van der Waals surface area contributed by atoms with E-state index < -0.39 is 5.41 Å². The molecular weight excluding hydrogens is 280 g/mol. The third kappa shape index (κ3) is 2.74. The van der Waals surface area contributed by atoms with E-state index in [4.69, 9.17) is 29.6 Å². The summed E-state index contributed by atoms with van der Waals surface area (Å²) < 4.78 is 0. The van der Waals surface area contributed by atoms with Gasteiger partial charge in [0.25, 0.3) is 0 Å². The van der Waals surface area contributed by atoms with Crippen molar-refractivity contribution in [3.05, 3.63) is 34.9 Å². The quantitative estimate of drug-likeness (QED) is 0.869. The summed E-state index contributed by atoms with van der Waals surface area (Å²) in [5.41, 5.74) is 6.19. The van der Waals surface area contributed by atoms with E-state index in [1.165, 1.54) is 0 Å². The molecule has 0 atom stereocenters. The van der Waals surface area contributed by atoms with Gasteiger partial charge in [-0.05, 0) is 30.5 Å². The first-order chi connectivity index (χ1) is 8.95. The number of amides is 1. The fourth-order valence-electron chi connectivity index (χ4n) is 2.40. The molecular formula is C14H17ClN2OS. The zero-order chi connectivity index (χ0) is 14.0. The first kappa shape index (κ1) is 14.3. The van der Waals surface area contributed by atoms with Crippen molar-refractivity contribution in [2.45, 2.75) is 25.8 Å². The predicted octanol–water partition coefficient (Wildman–Crippen LogP) is 2.75. The lowest BCUT2D eigenvalue weighted by atomic mass is 9.67. The van der Waals surface area contributed by atoms with Crippen molar-refractivity contribution >= 4 is 34.7 Å². The second kappa shape index (κ2) is 5.47. The van der Waals surface area contributed by atoms with Crippen LogP contribution in [0.4, 0.5) is 0 Å². The largest absolute Gasteiger partial charge is 0.392 e. The topological polar surface area (TPSA) is 46.3 Å². The second-order valence-corrected chi connectivity index (χ2v) is 5.96. The van der Waals surface area contributed by atoms with Crippen molar-refractivity contribution < 1.29 is 4.79 Å². The highest BCUT2D eigenvalue weighted by Crippen LogP contribution is 2.42. The molecule has 3 nitrogen and oxygen atoms in total. The summed E-state index contributed by atoms with van der Waals surface area (Å²) in [6.45, 7) is 0.542. The van der Waals surface area contributed by atoms with Crippen LogP contribution in [-0.4, -0.2) is 22.8 Å². The molecule has 0 heterocycles. The van der Waals surface area contributed by atoms with Crippen LogP contribution in [0.5, 0.6) is 0 Å². The third-order valence-electron chi connectivity index (χ3n) is 3.77. The molecule has 5 heteroatoms. The van der Waals surface area contributed by atoms with Crippen LogP contribution in [0.2, 0.25) is 5.02 Å². The number of hydrogen-bond acceptors (Lipinski definition) is 2. The minimum absolute atomic E-state index is 0.0289. The van der Waals surface area contributed by atoms with E-state index >= 15 is 0 Å². The van der Waals surface area contributed by atoms with Gasteiger partial charge in [0.15, 0.2) is 0 Å². The van der Waals surface area contributed by atoms with E-state index in [-0.39, 0.29) is 5.91 Å². The van der Waals surface area contributed by atoms with Crippen LogP contribution in [0.25, 0.3) is 0 Å². The maximum atomic E-state index is 12.5. The zero-order valence-corrected chi connectivity index (χ0v) is 12.4. The standard InChI is InChI=1S/C14H17ClN2OS/c1-17(9-10-3-5-11(15)6-4-10)13(18)14(12(16)19)7-2-8-14/h3-6H,2,7-9H2,1H3,(H2,16,19). The van der Waals surface area contributed by atoms with Crippen LogP contribution in [0, 0.1) is 5.41 Å². The lowest BCUT2D eigenvalue weighted by molar-refractivity contribution is -0.141. The first-order valence-corrected chi connectivity index (χ1v) is 7.04. The van der Waals surface area contributed by atoms with Crippen molar-refractivity contribution in [1.29, 1.82) is 0 Å². The second-order valence-electron chi connectivity index (χ2n) is 5.09. The molecule has 0 unspecified atom stereocenters. The van der Waals surface area contributed by atoms with E-state index in [1.54, 1.807) is 11.9 Å². The normalized spacial score (nSPS) is 16.5. The Morgan fingerprint density at radius 1 is 1.42 bits per heavy atom. The number of nitrogens with two attached hydrogens (primary N) is 1. The van der Waals surface area contributed by atoms with E-state index in [9.17, 15) is 4.79 Å². The lowest BCUT2D eigenvalue weighted by Gasteiger charge is -2.41. The molecule has 0 aliphatic heterocycles. The maximum absolute atomic E-state index is 12.5. The summed E-state index contributed by atoms with van der Waals surface area (Å²) in [6.07, 6.45) is 2.55. The third-order valence-corrected chi connectivity index (χ3v) is 4.41. The minimum Gasteiger partial charge on any atom is -0.392 e. The van der Waals surface area contributed by atoms with Gasteiger partial charge in [0.05, 0.1) is 10.4 Å². The molecule has 1 aromatic rings. The molecule has 0 aromatic heterocycles. The summed E-state index contributed by atoms with van der Waals surface area (Å²) >= 11 is 10.9. The van der Waals surface area contributed by atoms with Gasteiger partial charge in [-0.3, -0.25) is 4.79 Å². The fourth-order valence-corrected chi connectivity index (χ4v) is 2.81. The van der Waals surface area contributed by atoms with Gasteiger partial charge in [0.2, 0.25) is 5.91 Å². The van der Waals surface area contributed by atoms with Crippen LogP contribution in [0.15, 0.2) is 24.3 Å². The zero-order valence-electron chi connectivity index (χ0n) is 10.9. The Kier molecular flexibility index (Phi) is 4.11. The molecule has 1 fully saturated rings. The highest BCUT2D eigenvalue weighted by atomic mass is 35.5.